The Labute approximate surface area is 156 Å². The fourth-order valence-electron chi connectivity index (χ4n) is 3.04. The summed E-state index contributed by atoms with van der Waals surface area (Å²) in [7, 11) is -3.49. The molecule has 0 radical (unpaired) electrons. The summed E-state index contributed by atoms with van der Waals surface area (Å²) in [6, 6.07) is 5.37. The summed E-state index contributed by atoms with van der Waals surface area (Å²) in [4.78, 5) is 12.4. The van der Waals surface area contributed by atoms with Crippen molar-refractivity contribution in [1.29, 1.82) is 0 Å². The lowest BCUT2D eigenvalue weighted by Crippen LogP contribution is -2.43. The van der Waals surface area contributed by atoms with Crippen molar-refractivity contribution in [3.63, 3.8) is 0 Å². The lowest BCUT2D eigenvalue weighted by atomic mass is 9.97. The number of nitrogens with two attached hydrogens (primary N) is 1. The van der Waals surface area contributed by atoms with E-state index < -0.39 is 10.0 Å². The predicted molar refractivity (Wildman–Crippen MR) is 101 cm³/mol. The normalized spacial score (nSPS) is 16.3. The Morgan fingerprint density at radius 1 is 1.28 bits per heavy atom. The van der Waals surface area contributed by atoms with Crippen LogP contribution < -0.4 is 11.1 Å². The van der Waals surface area contributed by atoms with Crippen molar-refractivity contribution < 1.29 is 13.2 Å². The number of piperidine rings is 1. The number of hydrogen-bond acceptors (Lipinski definition) is 4. The van der Waals surface area contributed by atoms with E-state index >= 15 is 0 Å². The zero-order chi connectivity index (χ0) is 17.7. The molecule has 3 N–H and O–H groups in total. The highest BCUT2D eigenvalue weighted by atomic mass is 35.5. The number of carbonyl (C=O) groups is 1. The molecular formula is C17H28ClN3O3S. The maximum absolute atomic E-state index is 12.8. The van der Waals surface area contributed by atoms with Gasteiger partial charge in [0, 0.05) is 25.6 Å². The minimum atomic E-state index is -3.49. The van der Waals surface area contributed by atoms with Gasteiger partial charge in [0.05, 0.1) is 4.90 Å². The standard InChI is InChI=1S/C17H27N3O3S.ClH/c1-13-4-5-16(14(2)12-13)24(22,23)20-10-6-15(7-11-20)17(21)19-9-3-8-18;/h4-5,12,15H,3,6-11,18H2,1-2H3,(H,19,21);1H. The summed E-state index contributed by atoms with van der Waals surface area (Å²) in [5.74, 6) is -0.111. The minimum absolute atomic E-state index is 0. The predicted octanol–water partition coefficient (Wildman–Crippen LogP) is 1.59. The molecular weight excluding hydrogens is 362 g/mol. The van der Waals surface area contributed by atoms with Crippen LogP contribution >= 0.6 is 12.4 Å². The molecule has 2 rings (SSSR count). The van der Waals surface area contributed by atoms with E-state index in [1.807, 2.05) is 26.0 Å². The van der Waals surface area contributed by atoms with Crippen LogP contribution in [-0.2, 0) is 14.8 Å². The Kier molecular flexibility index (Phi) is 8.34. The lowest BCUT2D eigenvalue weighted by molar-refractivity contribution is -0.126. The fourth-order valence-corrected chi connectivity index (χ4v) is 4.72. The second kappa shape index (κ2) is 9.52. The van der Waals surface area contributed by atoms with E-state index in [2.05, 4.69) is 5.32 Å². The zero-order valence-corrected chi connectivity index (χ0v) is 16.5. The van der Waals surface area contributed by atoms with Gasteiger partial charge in [0.25, 0.3) is 0 Å². The number of aryl methyl sites for hydroxylation is 2. The van der Waals surface area contributed by atoms with E-state index in [4.69, 9.17) is 5.73 Å². The molecule has 0 bridgehead atoms. The second-order valence-electron chi connectivity index (χ2n) is 6.38. The molecule has 1 aliphatic rings. The molecule has 0 spiro atoms. The van der Waals surface area contributed by atoms with E-state index in [9.17, 15) is 13.2 Å². The van der Waals surface area contributed by atoms with E-state index in [-0.39, 0.29) is 24.2 Å². The Morgan fingerprint density at radius 2 is 1.92 bits per heavy atom. The van der Waals surface area contributed by atoms with Gasteiger partial charge in [0.1, 0.15) is 0 Å². The van der Waals surface area contributed by atoms with E-state index in [0.717, 1.165) is 17.5 Å². The van der Waals surface area contributed by atoms with Crippen LogP contribution in [0, 0.1) is 19.8 Å². The molecule has 0 atom stereocenters. The number of sulfonamides is 1. The molecule has 0 aromatic heterocycles. The van der Waals surface area contributed by atoms with Crippen molar-refractivity contribution in [2.45, 2.75) is 38.0 Å². The van der Waals surface area contributed by atoms with Crippen LogP contribution in [0.15, 0.2) is 23.1 Å². The van der Waals surface area contributed by atoms with Crippen LogP contribution in [0.5, 0.6) is 0 Å². The highest BCUT2D eigenvalue weighted by Gasteiger charge is 2.32. The molecule has 1 aromatic carbocycles. The Morgan fingerprint density at radius 3 is 2.48 bits per heavy atom. The molecule has 1 amide bonds. The van der Waals surface area contributed by atoms with Gasteiger partial charge in [-0.05, 0) is 51.3 Å². The largest absolute Gasteiger partial charge is 0.356 e. The highest BCUT2D eigenvalue weighted by Crippen LogP contribution is 2.26. The van der Waals surface area contributed by atoms with Gasteiger partial charge in [-0.25, -0.2) is 8.42 Å². The Hall–Kier alpha value is -1.15. The van der Waals surface area contributed by atoms with Gasteiger partial charge in [-0.15, -0.1) is 12.4 Å². The van der Waals surface area contributed by atoms with Gasteiger partial charge < -0.3 is 11.1 Å². The fraction of sp³-hybridized carbons (Fsp3) is 0.588. The summed E-state index contributed by atoms with van der Waals surface area (Å²) in [6.07, 6.45) is 1.86. The molecule has 1 aliphatic heterocycles. The maximum Gasteiger partial charge on any atom is 0.243 e. The molecule has 1 aromatic rings. The average molecular weight is 390 g/mol. The summed E-state index contributed by atoms with van der Waals surface area (Å²) in [6.45, 7) is 5.65. The van der Waals surface area contributed by atoms with Gasteiger partial charge in [0.15, 0.2) is 0 Å². The average Bonchev–Trinajstić information content (AvgIpc) is 2.54. The van der Waals surface area contributed by atoms with E-state index in [0.29, 0.717) is 43.9 Å². The number of carbonyl (C=O) groups excluding carboxylic acids is 1. The van der Waals surface area contributed by atoms with Crippen molar-refractivity contribution in [2.24, 2.45) is 11.7 Å². The monoisotopic (exact) mass is 389 g/mol. The SMILES string of the molecule is Cc1ccc(S(=O)(=O)N2CCC(C(=O)NCCCN)CC2)c(C)c1.Cl. The second-order valence-corrected chi connectivity index (χ2v) is 8.29. The van der Waals surface area contributed by atoms with E-state index in [1.54, 1.807) is 6.07 Å². The first-order valence-corrected chi connectivity index (χ1v) is 9.85. The molecule has 1 heterocycles. The number of rotatable bonds is 6. The van der Waals surface area contributed by atoms with Crippen LogP contribution in [0.2, 0.25) is 0 Å². The Balaban J connectivity index is 0.00000312. The van der Waals surface area contributed by atoms with Crippen molar-refractivity contribution in [1.82, 2.24) is 9.62 Å². The summed E-state index contributed by atoms with van der Waals surface area (Å²) in [5, 5.41) is 2.87. The van der Waals surface area contributed by atoms with Crippen LogP contribution in [0.25, 0.3) is 0 Å². The van der Waals surface area contributed by atoms with Crippen molar-refractivity contribution in [2.75, 3.05) is 26.2 Å². The zero-order valence-electron chi connectivity index (χ0n) is 14.8. The maximum atomic E-state index is 12.8. The van der Waals surface area contributed by atoms with Gasteiger partial charge in [-0.1, -0.05) is 17.7 Å². The quantitative estimate of drug-likeness (QED) is 0.722. The third kappa shape index (κ3) is 5.41. The molecule has 8 heteroatoms. The minimum Gasteiger partial charge on any atom is -0.356 e. The number of nitrogens with zero attached hydrogens (tertiary/aromatic N) is 1. The van der Waals surface area contributed by atoms with Crippen molar-refractivity contribution >= 4 is 28.3 Å². The lowest BCUT2D eigenvalue weighted by Gasteiger charge is -2.31. The molecule has 0 aliphatic carbocycles. The topological polar surface area (TPSA) is 92.5 Å². The number of benzene rings is 1. The third-order valence-corrected chi connectivity index (χ3v) is 6.51. The first-order chi connectivity index (χ1) is 11.4. The van der Waals surface area contributed by atoms with Crippen LogP contribution in [0.1, 0.15) is 30.4 Å². The van der Waals surface area contributed by atoms with Gasteiger partial charge in [0.2, 0.25) is 15.9 Å². The first kappa shape index (κ1) is 21.9. The summed E-state index contributed by atoms with van der Waals surface area (Å²) in [5.41, 5.74) is 7.21. The molecule has 0 unspecified atom stereocenters. The van der Waals surface area contributed by atoms with Crippen LogP contribution in [-0.4, -0.2) is 44.8 Å². The molecule has 142 valence electrons. The Bertz CT molecular complexity index is 686. The number of amides is 1. The smallest absolute Gasteiger partial charge is 0.243 e. The third-order valence-electron chi connectivity index (χ3n) is 4.45. The van der Waals surface area contributed by atoms with E-state index in [1.165, 1.54) is 4.31 Å². The first-order valence-electron chi connectivity index (χ1n) is 8.41. The van der Waals surface area contributed by atoms with Crippen molar-refractivity contribution in [3.8, 4) is 0 Å². The number of nitrogens with one attached hydrogen (secondary N) is 1. The number of hydrogen-bond donors (Lipinski definition) is 2. The highest BCUT2D eigenvalue weighted by molar-refractivity contribution is 7.89. The van der Waals surface area contributed by atoms with Gasteiger partial charge in [-0.2, -0.15) is 4.31 Å². The molecule has 0 saturated carbocycles. The molecule has 1 fully saturated rings. The van der Waals surface area contributed by atoms with Gasteiger partial charge in [-0.3, -0.25) is 4.79 Å². The van der Waals surface area contributed by atoms with Gasteiger partial charge >= 0.3 is 0 Å². The summed E-state index contributed by atoms with van der Waals surface area (Å²) < 4.78 is 27.1. The van der Waals surface area contributed by atoms with Crippen molar-refractivity contribution in [3.05, 3.63) is 29.3 Å². The van der Waals surface area contributed by atoms with Crippen LogP contribution in [0.4, 0.5) is 0 Å². The number of halogens is 1. The molecule has 6 nitrogen and oxygen atoms in total. The molecule has 1 saturated heterocycles. The summed E-state index contributed by atoms with van der Waals surface area (Å²) >= 11 is 0. The van der Waals surface area contributed by atoms with Crippen LogP contribution in [0.3, 0.4) is 0 Å². The molecule has 25 heavy (non-hydrogen) atoms.